The fourth-order valence-corrected chi connectivity index (χ4v) is 2.76. The molecule has 2 aliphatic heterocycles. The third-order valence-corrected chi connectivity index (χ3v) is 3.78. The zero-order chi connectivity index (χ0) is 14.6. The van der Waals surface area contributed by atoms with Crippen LogP contribution in [0.2, 0.25) is 0 Å². The first kappa shape index (κ1) is 12.0. The van der Waals surface area contributed by atoms with Crippen LogP contribution in [0.3, 0.4) is 0 Å². The predicted molar refractivity (Wildman–Crippen MR) is 72.4 cm³/mol. The Bertz CT molecular complexity index is 779. The molecular formula is C15H9FN2O3. The Kier molecular flexibility index (Phi) is 2.35. The summed E-state index contributed by atoms with van der Waals surface area (Å²) >= 11 is 0. The Morgan fingerprint density at radius 2 is 2.14 bits per heavy atom. The molecule has 0 radical (unpaired) electrons. The first-order valence-corrected chi connectivity index (χ1v) is 6.43. The number of para-hydroxylation sites is 1. The van der Waals surface area contributed by atoms with E-state index in [1.807, 2.05) is 0 Å². The second-order valence-corrected chi connectivity index (χ2v) is 4.99. The average Bonchev–Trinajstić information content (AvgIpc) is 3.06. The van der Waals surface area contributed by atoms with Crippen LogP contribution >= 0.6 is 0 Å². The Morgan fingerprint density at radius 3 is 2.95 bits per heavy atom. The van der Waals surface area contributed by atoms with Crippen molar-refractivity contribution < 1.29 is 18.8 Å². The van der Waals surface area contributed by atoms with Gasteiger partial charge in [-0.15, -0.1) is 0 Å². The Morgan fingerprint density at radius 1 is 1.29 bits per heavy atom. The fourth-order valence-electron chi connectivity index (χ4n) is 2.76. The third-order valence-electron chi connectivity index (χ3n) is 3.78. The minimum absolute atomic E-state index is 0.0740. The van der Waals surface area contributed by atoms with Crippen LogP contribution in [0.4, 0.5) is 10.1 Å². The monoisotopic (exact) mass is 284 g/mol. The number of fused-ring (bicyclic) bond motifs is 2. The van der Waals surface area contributed by atoms with Gasteiger partial charge in [0.1, 0.15) is 5.82 Å². The van der Waals surface area contributed by atoms with Crippen molar-refractivity contribution in [1.82, 2.24) is 0 Å². The van der Waals surface area contributed by atoms with Gasteiger partial charge in [0.25, 0.3) is 0 Å². The van der Waals surface area contributed by atoms with E-state index in [-0.39, 0.29) is 34.2 Å². The highest BCUT2D eigenvalue weighted by Crippen LogP contribution is 2.36. The molecule has 1 N–H and O–H groups in total. The molecule has 0 aromatic heterocycles. The van der Waals surface area contributed by atoms with Crippen molar-refractivity contribution in [3.05, 3.63) is 53.0 Å². The summed E-state index contributed by atoms with van der Waals surface area (Å²) in [6.45, 7) is 0. The zero-order valence-corrected chi connectivity index (χ0v) is 10.7. The largest absolute Gasteiger partial charge is 0.387 e. The Labute approximate surface area is 118 Å². The second-order valence-electron chi connectivity index (χ2n) is 4.99. The number of anilines is 1. The molecule has 4 rings (SSSR count). The molecule has 2 unspecified atom stereocenters. The van der Waals surface area contributed by atoms with Crippen molar-refractivity contribution in [3.63, 3.8) is 0 Å². The number of rotatable bonds is 0. The molecule has 5 nitrogen and oxygen atoms in total. The van der Waals surface area contributed by atoms with E-state index in [1.165, 1.54) is 24.3 Å². The number of hydrogen-bond acceptors (Lipinski definition) is 5. The number of nitrogens with one attached hydrogen (secondary N) is 1. The number of ketones is 2. The number of allylic oxidation sites excluding steroid dienone is 2. The van der Waals surface area contributed by atoms with Crippen LogP contribution in [0.5, 0.6) is 0 Å². The van der Waals surface area contributed by atoms with Crippen molar-refractivity contribution in [2.24, 2.45) is 11.1 Å². The van der Waals surface area contributed by atoms with Crippen molar-refractivity contribution >= 4 is 23.5 Å². The first-order valence-electron chi connectivity index (χ1n) is 6.43. The third kappa shape index (κ3) is 1.59. The molecule has 104 valence electrons. The van der Waals surface area contributed by atoms with Gasteiger partial charge in [0.2, 0.25) is 5.78 Å². The number of carbonyl (C=O) groups excluding carboxylic acids is 2. The van der Waals surface area contributed by atoms with Crippen LogP contribution in [-0.4, -0.2) is 23.9 Å². The lowest BCUT2D eigenvalue weighted by Crippen LogP contribution is -2.31. The molecule has 0 spiro atoms. The van der Waals surface area contributed by atoms with Gasteiger partial charge in [-0.25, -0.2) is 4.39 Å². The summed E-state index contributed by atoms with van der Waals surface area (Å²) in [4.78, 5) is 29.7. The minimum Gasteiger partial charge on any atom is -0.387 e. The molecule has 0 saturated carbocycles. The molecule has 1 aromatic rings. The van der Waals surface area contributed by atoms with Crippen LogP contribution in [-0.2, 0) is 9.63 Å². The first-order chi connectivity index (χ1) is 10.2. The number of carbonyl (C=O) groups is 2. The summed E-state index contributed by atoms with van der Waals surface area (Å²) in [5.74, 6) is -1.45. The van der Waals surface area contributed by atoms with Crippen LogP contribution in [0, 0.1) is 11.7 Å². The van der Waals surface area contributed by atoms with Gasteiger partial charge in [-0.05, 0) is 18.2 Å². The van der Waals surface area contributed by atoms with E-state index in [0.29, 0.717) is 0 Å². The van der Waals surface area contributed by atoms with Gasteiger partial charge in [-0.2, -0.15) is 0 Å². The summed E-state index contributed by atoms with van der Waals surface area (Å²) in [6.07, 6.45) is 4.01. The SMILES string of the molecule is O=C1C=CC2C=NOC2/C1=C1/Nc2c(F)cccc2C1=O. The van der Waals surface area contributed by atoms with Gasteiger partial charge in [-0.1, -0.05) is 17.3 Å². The van der Waals surface area contributed by atoms with Crippen LogP contribution in [0.1, 0.15) is 10.4 Å². The Balaban J connectivity index is 1.87. The smallest absolute Gasteiger partial charge is 0.211 e. The van der Waals surface area contributed by atoms with Crippen molar-refractivity contribution in [1.29, 1.82) is 0 Å². The highest BCUT2D eigenvalue weighted by atomic mass is 19.1. The van der Waals surface area contributed by atoms with E-state index in [1.54, 1.807) is 12.3 Å². The molecule has 0 bridgehead atoms. The molecule has 2 atom stereocenters. The van der Waals surface area contributed by atoms with E-state index in [2.05, 4.69) is 10.5 Å². The van der Waals surface area contributed by atoms with E-state index < -0.39 is 17.7 Å². The lowest BCUT2D eigenvalue weighted by molar-refractivity contribution is -0.113. The standard InChI is InChI=1S/C15H9FN2O3/c16-9-3-1-2-8-12(9)18-13(14(8)20)11-10(19)5-4-7-6-17-21-15(7)11/h1-7,15,18H/b13-11+. The molecule has 2 heterocycles. The quantitative estimate of drug-likeness (QED) is 0.738. The number of nitrogens with zero attached hydrogens (tertiary/aromatic N) is 1. The van der Waals surface area contributed by atoms with Crippen LogP contribution < -0.4 is 5.32 Å². The number of halogens is 1. The maximum atomic E-state index is 13.8. The van der Waals surface area contributed by atoms with Gasteiger partial charge >= 0.3 is 0 Å². The molecule has 1 aliphatic carbocycles. The van der Waals surface area contributed by atoms with Crippen LogP contribution in [0.25, 0.3) is 0 Å². The van der Waals surface area contributed by atoms with E-state index in [9.17, 15) is 14.0 Å². The highest BCUT2D eigenvalue weighted by molar-refractivity contribution is 6.23. The average molecular weight is 284 g/mol. The van der Waals surface area contributed by atoms with E-state index >= 15 is 0 Å². The van der Waals surface area contributed by atoms with Gasteiger partial charge in [0, 0.05) is 0 Å². The van der Waals surface area contributed by atoms with Crippen molar-refractivity contribution in [2.45, 2.75) is 6.10 Å². The number of Topliss-reactive ketones (excluding diaryl/α,β-unsaturated/α-hetero) is 1. The number of hydrogen-bond donors (Lipinski definition) is 1. The predicted octanol–water partition coefficient (Wildman–Crippen LogP) is 1.83. The molecule has 21 heavy (non-hydrogen) atoms. The maximum absolute atomic E-state index is 13.8. The maximum Gasteiger partial charge on any atom is 0.211 e. The molecule has 0 amide bonds. The van der Waals surface area contributed by atoms with Crippen molar-refractivity contribution in [3.8, 4) is 0 Å². The van der Waals surface area contributed by atoms with Gasteiger partial charge in [-0.3, -0.25) is 9.59 Å². The molecule has 3 aliphatic rings. The van der Waals surface area contributed by atoms with Gasteiger partial charge in [0.15, 0.2) is 11.9 Å². The Hall–Kier alpha value is -2.76. The summed E-state index contributed by atoms with van der Waals surface area (Å²) < 4.78 is 13.8. The summed E-state index contributed by atoms with van der Waals surface area (Å²) in [6, 6.07) is 4.24. The number of benzene rings is 1. The summed E-state index contributed by atoms with van der Waals surface area (Å²) in [5, 5.41) is 6.43. The highest BCUT2D eigenvalue weighted by Gasteiger charge is 2.41. The fraction of sp³-hybridized carbons (Fsp3) is 0.133. The zero-order valence-electron chi connectivity index (χ0n) is 10.7. The summed E-state index contributed by atoms with van der Waals surface area (Å²) in [7, 11) is 0. The van der Waals surface area contributed by atoms with E-state index in [4.69, 9.17) is 4.84 Å². The molecule has 0 saturated heterocycles. The lowest BCUT2D eigenvalue weighted by Gasteiger charge is -2.21. The number of oxime groups is 1. The topological polar surface area (TPSA) is 67.8 Å². The summed E-state index contributed by atoms with van der Waals surface area (Å²) in [5.41, 5.74) is 0.587. The normalized spacial score (nSPS) is 29.2. The lowest BCUT2D eigenvalue weighted by atomic mass is 9.86. The molecule has 6 heteroatoms. The molecular weight excluding hydrogens is 275 g/mol. The second kappa shape index (κ2) is 4.12. The van der Waals surface area contributed by atoms with Crippen molar-refractivity contribution in [2.75, 3.05) is 5.32 Å². The minimum atomic E-state index is -0.633. The van der Waals surface area contributed by atoms with Gasteiger partial charge < -0.3 is 10.2 Å². The van der Waals surface area contributed by atoms with Gasteiger partial charge in [0.05, 0.1) is 34.7 Å². The molecule has 0 fully saturated rings. The molecule has 1 aromatic carbocycles. The van der Waals surface area contributed by atoms with E-state index in [0.717, 1.165) is 0 Å². The van der Waals surface area contributed by atoms with Crippen LogP contribution in [0.15, 0.2) is 46.8 Å².